The summed E-state index contributed by atoms with van der Waals surface area (Å²) >= 11 is 0. The predicted molar refractivity (Wildman–Crippen MR) is 120 cm³/mol. The molecule has 4 rings (SSSR count). The lowest BCUT2D eigenvalue weighted by molar-refractivity contribution is 0.584. The molecule has 3 N–H and O–H groups in total. The number of hydrogen-bond donors (Lipinski definition) is 2. The SMILES string of the molecule is CN=CC(=CN)c1cc(-c2cnc(N3CCNCC3)c(C)c2)c2c(C#N)cnn2c1. The maximum atomic E-state index is 9.59. The Kier molecular flexibility index (Phi) is 5.46. The third-order valence-corrected chi connectivity index (χ3v) is 5.29. The highest BCUT2D eigenvalue weighted by molar-refractivity contribution is 6.10. The van der Waals surface area contributed by atoms with E-state index in [-0.39, 0.29) is 0 Å². The molecule has 0 bridgehead atoms. The minimum absolute atomic E-state index is 0.517. The van der Waals surface area contributed by atoms with E-state index < -0.39 is 0 Å². The van der Waals surface area contributed by atoms with E-state index in [1.165, 1.54) is 6.20 Å². The van der Waals surface area contributed by atoms with Gasteiger partial charge in [-0.2, -0.15) is 10.4 Å². The zero-order valence-electron chi connectivity index (χ0n) is 17.1. The highest BCUT2D eigenvalue weighted by Crippen LogP contribution is 2.32. The zero-order valence-corrected chi connectivity index (χ0v) is 17.1. The minimum atomic E-state index is 0.517. The first kappa shape index (κ1) is 19.6. The summed E-state index contributed by atoms with van der Waals surface area (Å²) in [7, 11) is 1.70. The lowest BCUT2D eigenvalue weighted by Crippen LogP contribution is -2.44. The molecule has 0 radical (unpaired) electrons. The number of rotatable bonds is 4. The smallest absolute Gasteiger partial charge is 0.131 e. The number of hydrogen-bond acceptors (Lipinski definition) is 7. The molecule has 3 aromatic heterocycles. The van der Waals surface area contributed by atoms with Crippen molar-refractivity contribution in [3.8, 4) is 17.2 Å². The molecular weight excluding hydrogens is 376 g/mol. The van der Waals surface area contributed by atoms with Crippen LogP contribution in [-0.2, 0) is 0 Å². The Morgan fingerprint density at radius 1 is 1.30 bits per heavy atom. The molecule has 1 aliphatic heterocycles. The molecule has 0 spiro atoms. The van der Waals surface area contributed by atoms with E-state index >= 15 is 0 Å². The van der Waals surface area contributed by atoms with Gasteiger partial charge in [0.05, 0.1) is 17.3 Å². The molecule has 1 aliphatic rings. The highest BCUT2D eigenvalue weighted by Gasteiger charge is 2.18. The second kappa shape index (κ2) is 8.35. The molecule has 0 aliphatic carbocycles. The Labute approximate surface area is 175 Å². The average molecular weight is 400 g/mol. The van der Waals surface area contributed by atoms with Crippen molar-refractivity contribution in [2.45, 2.75) is 6.92 Å². The van der Waals surface area contributed by atoms with Crippen LogP contribution < -0.4 is 16.0 Å². The van der Waals surface area contributed by atoms with Gasteiger partial charge in [0.2, 0.25) is 0 Å². The van der Waals surface area contributed by atoms with E-state index in [1.54, 1.807) is 24.0 Å². The van der Waals surface area contributed by atoms with Gasteiger partial charge in [0.1, 0.15) is 11.9 Å². The standard InChI is InChI=1S/C22H24N8/c1-15-7-16(12-27-22(15)29-5-3-26-4-6-29)20-8-17(18(9-23)11-25-2)14-30-21(20)19(10-24)13-28-30/h7-9,11-14,26H,3-6,23H2,1-2H3. The Hall–Kier alpha value is -3.70. The van der Waals surface area contributed by atoms with Gasteiger partial charge in [-0.1, -0.05) is 0 Å². The monoisotopic (exact) mass is 400 g/mol. The van der Waals surface area contributed by atoms with Crippen molar-refractivity contribution in [3.05, 3.63) is 53.6 Å². The second-order valence-electron chi connectivity index (χ2n) is 7.22. The fraction of sp³-hybridized carbons (Fsp3) is 0.273. The Morgan fingerprint density at radius 2 is 2.10 bits per heavy atom. The predicted octanol–water partition coefficient (Wildman–Crippen LogP) is 1.99. The number of pyridine rings is 2. The summed E-state index contributed by atoms with van der Waals surface area (Å²) in [6, 6.07) is 6.38. The fourth-order valence-electron chi connectivity index (χ4n) is 3.86. The third-order valence-electron chi connectivity index (χ3n) is 5.29. The number of nitrogens with one attached hydrogen (secondary N) is 1. The number of aromatic nitrogens is 3. The molecule has 4 heterocycles. The van der Waals surface area contributed by atoms with Gasteiger partial charge >= 0.3 is 0 Å². The number of nitriles is 1. The number of nitrogens with zero attached hydrogens (tertiary/aromatic N) is 6. The summed E-state index contributed by atoms with van der Waals surface area (Å²) in [6.45, 7) is 5.87. The molecule has 8 nitrogen and oxygen atoms in total. The summed E-state index contributed by atoms with van der Waals surface area (Å²) in [5.41, 5.74) is 11.6. The molecule has 0 aromatic carbocycles. The molecule has 8 heteroatoms. The number of aryl methyl sites for hydroxylation is 1. The van der Waals surface area contributed by atoms with Gasteiger partial charge in [-0.15, -0.1) is 0 Å². The van der Waals surface area contributed by atoms with Crippen molar-refractivity contribution in [2.75, 3.05) is 38.1 Å². The van der Waals surface area contributed by atoms with Crippen molar-refractivity contribution in [3.63, 3.8) is 0 Å². The van der Waals surface area contributed by atoms with Crippen molar-refractivity contribution in [1.82, 2.24) is 19.9 Å². The number of fused-ring (bicyclic) bond motifs is 1. The summed E-state index contributed by atoms with van der Waals surface area (Å²) in [5, 5.41) is 17.3. The van der Waals surface area contributed by atoms with Gasteiger partial charge < -0.3 is 16.0 Å². The molecule has 0 unspecified atom stereocenters. The van der Waals surface area contributed by atoms with Crippen LogP contribution in [0.2, 0.25) is 0 Å². The minimum Gasteiger partial charge on any atom is -0.404 e. The van der Waals surface area contributed by atoms with Crippen LogP contribution in [-0.4, -0.2) is 54.0 Å². The van der Waals surface area contributed by atoms with E-state index in [9.17, 15) is 5.26 Å². The van der Waals surface area contributed by atoms with Gasteiger partial charge in [0.25, 0.3) is 0 Å². The molecular formula is C22H24N8. The van der Waals surface area contributed by atoms with Gasteiger partial charge in [-0.3, -0.25) is 4.99 Å². The lowest BCUT2D eigenvalue weighted by Gasteiger charge is -2.29. The first-order chi connectivity index (χ1) is 14.7. The maximum Gasteiger partial charge on any atom is 0.131 e. The fourth-order valence-corrected chi connectivity index (χ4v) is 3.86. The third kappa shape index (κ3) is 3.51. The molecule has 3 aromatic rings. The van der Waals surface area contributed by atoms with Crippen LogP contribution in [0.25, 0.3) is 22.2 Å². The number of nitrogens with two attached hydrogens (primary N) is 1. The number of allylic oxidation sites excluding steroid dienone is 1. The second-order valence-corrected chi connectivity index (χ2v) is 7.22. The Bertz CT molecular complexity index is 1180. The summed E-state index contributed by atoms with van der Waals surface area (Å²) < 4.78 is 1.72. The summed E-state index contributed by atoms with van der Waals surface area (Å²) in [5.74, 6) is 1.00. The Morgan fingerprint density at radius 3 is 2.77 bits per heavy atom. The van der Waals surface area contributed by atoms with Crippen LogP contribution in [0.5, 0.6) is 0 Å². The number of piperazine rings is 1. The van der Waals surface area contributed by atoms with Crippen LogP contribution in [0.15, 0.2) is 41.9 Å². The van der Waals surface area contributed by atoms with Crippen molar-refractivity contribution in [1.29, 1.82) is 5.26 Å². The number of aliphatic imine (C=N–C) groups is 1. The zero-order chi connectivity index (χ0) is 21.1. The lowest BCUT2D eigenvalue weighted by atomic mass is 9.99. The molecule has 1 saturated heterocycles. The molecule has 0 amide bonds. The molecule has 1 fully saturated rings. The normalized spacial score (nSPS) is 15.1. The highest BCUT2D eigenvalue weighted by atomic mass is 15.2. The molecule has 152 valence electrons. The largest absolute Gasteiger partial charge is 0.404 e. The quantitative estimate of drug-likeness (QED) is 0.649. The van der Waals surface area contributed by atoms with Gasteiger partial charge in [0, 0.05) is 80.3 Å². The first-order valence-corrected chi connectivity index (χ1v) is 9.85. The van der Waals surface area contributed by atoms with Gasteiger partial charge in [-0.25, -0.2) is 9.50 Å². The average Bonchev–Trinajstić information content (AvgIpc) is 3.20. The first-order valence-electron chi connectivity index (χ1n) is 9.85. The summed E-state index contributed by atoms with van der Waals surface area (Å²) in [4.78, 5) is 11.2. The number of anilines is 1. The van der Waals surface area contributed by atoms with E-state index in [0.717, 1.165) is 65.3 Å². The Balaban J connectivity index is 1.87. The topological polar surface area (TPSA) is 108 Å². The van der Waals surface area contributed by atoms with E-state index in [4.69, 9.17) is 10.7 Å². The van der Waals surface area contributed by atoms with Gasteiger partial charge in [-0.05, 0) is 24.6 Å². The van der Waals surface area contributed by atoms with Crippen LogP contribution in [0.4, 0.5) is 5.82 Å². The van der Waals surface area contributed by atoms with Crippen LogP contribution in [0.3, 0.4) is 0 Å². The van der Waals surface area contributed by atoms with Gasteiger partial charge in [0.15, 0.2) is 0 Å². The maximum absolute atomic E-state index is 9.59. The molecule has 0 saturated carbocycles. The molecule has 30 heavy (non-hydrogen) atoms. The van der Waals surface area contributed by atoms with Crippen LogP contribution in [0, 0.1) is 18.3 Å². The van der Waals surface area contributed by atoms with E-state index in [0.29, 0.717) is 5.56 Å². The van der Waals surface area contributed by atoms with Crippen molar-refractivity contribution < 1.29 is 0 Å². The van der Waals surface area contributed by atoms with E-state index in [2.05, 4.69) is 39.4 Å². The van der Waals surface area contributed by atoms with Crippen molar-refractivity contribution >= 4 is 23.1 Å². The molecule has 0 atom stereocenters. The summed E-state index contributed by atoms with van der Waals surface area (Å²) in [6.07, 6.45) is 8.53. The van der Waals surface area contributed by atoms with Crippen LogP contribution >= 0.6 is 0 Å². The van der Waals surface area contributed by atoms with Crippen molar-refractivity contribution in [2.24, 2.45) is 10.7 Å². The van der Waals surface area contributed by atoms with Crippen LogP contribution in [0.1, 0.15) is 16.7 Å². The van der Waals surface area contributed by atoms with E-state index in [1.807, 2.05) is 18.5 Å².